The highest BCUT2D eigenvalue weighted by molar-refractivity contribution is 5.84. The average Bonchev–Trinajstić information content (AvgIpc) is 2.95. The summed E-state index contributed by atoms with van der Waals surface area (Å²) in [6, 6.07) is 12.9. The topological polar surface area (TPSA) is 138 Å². The minimum Gasteiger partial charge on any atom is -0.467 e. The number of nitro benzene ring substituents is 1. The predicted octanol–water partition coefficient (Wildman–Crippen LogP) is 4.53. The Bertz CT molecular complexity index is 1150. The largest absolute Gasteiger partial charge is 0.467 e. The lowest BCUT2D eigenvalue weighted by Crippen LogP contribution is -2.46. The van der Waals surface area contributed by atoms with Gasteiger partial charge in [-0.3, -0.25) is 14.9 Å². The van der Waals surface area contributed by atoms with E-state index in [0.29, 0.717) is 36.7 Å². The molecule has 11 heteroatoms. The minimum absolute atomic E-state index is 0.00534. The third kappa shape index (κ3) is 10.8. The number of ether oxygens (including phenoxy) is 4. The third-order valence-electron chi connectivity index (χ3n) is 6.80. The number of para-hydroxylation sites is 1. The van der Waals surface area contributed by atoms with Gasteiger partial charge in [0.1, 0.15) is 11.5 Å². The van der Waals surface area contributed by atoms with Gasteiger partial charge in [-0.25, -0.2) is 4.79 Å². The standard InChI is InChI=1S/C30H41N3O8/c1-30(2,3)40-20-26(29(35)38-4)32-28(34)13-11-25(21-14-16-39-17-15-21)31-19-22-18-24(10-12-27(22)33(36)37)41-23-8-6-5-7-9-23/h5-10,12,18,21,25-26,31H,11,13-17,19-20H2,1-4H3,(H,32,34)/t25-,26?/m0/s1. The number of nitrogens with zero attached hydrogens (tertiary/aromatic N) is 1. The number of hydrogen-bond acceptors (Lipinski definition) is 9. The van der Waals surface area contributed by atoms with Crippen molar-refractivity contribution >= 4 is 17.6 Å². The second kappa shape index (κ2) is 15.5. The quantitative estimate of drug-likeness (QED) is 0.190. The Kier molecular flexibility index (Phi) is 12.1. The van der Waals surface area contributed by atoms with Crippen LogP contribution in [0.5, 0.6) is 11.5 Å². The van der Waals surface area contributed by atoms with Crippen LogP contribution in [0.3, 0.4) is 0 Å². The van der Waals surface area contributed by atoms with Crippen molar-refractivity contribution in [3.05, 3.63) is 64.2 Å². The molecular weight excluding hydrogens is 530 g/mol. The van der Waals surface area contributed by atoms with Crippen molar-refractivity contribution in [3.63, 3.8) is 0 Å². The number of methoxy groups -OCH3 is 1. The fourth-order valence-electron chi connectivity index (χ4n) is 4.63. The molecule has 41 heavy (non-hydrogen) atoms. The first kappa shape index (κ1) is 32.0. The molecule has 0 saturated carbocycles. The smallest absolute Gasteiger partial charge is 0.330 e. The molecule has 0 aromatic heterocycles. The van der Waals surface area contributed by atoms with Crippen molar-refractivity contribution in [1.82, 2.24) is 10.6 Å². The fourth-order valence-corrected chi connectivity index (χ4v) is 4.63. The fraction of sp³-hybridized carbons (Fsp3) is 0.533. The predicted molar refractivity (Wildman–Crippen MR) is 153 cm³/mol. The van der Waals surface area contributed by atoms with Gasteiger partial charge in [-0.05, 0) is 70.2 Å². The molecule has 224 valence electrons. The molecule has 1 amide bonds. The molecule has 1 fully saturated rings. The van der Waals surface area contributed by atoms with E-state index in [0.717, 1.165) is 12.8 Å². The molecule has 0 aliphatic carbocycles. The Morgan fingerprint density at radius 2 is 1.80 bits per heavy atom. The molecule has 3 rings (SSSR count). The number of carbonyl (C=O) groups excluding carboxylic acids is 2. The maximum absolute atomic E-state index is 12.9. The summed E-state index contributed by atoms with van der Waals surface area (Å²) in [4.78, 5) is 36.5. The van der Waals surface area contributed by atoms with Crippen LogP contribution in [-0.2, 0) is 30.3 Å². The molecule has 2 aromatic carbocycles. The molecule has 2 aromatic rings. The summed E-state index contributed by atoms with van der Waals surface area (Å²) in [5, 5.41) is 18.0. The summed E-state index contributed by atoms with van der Waals surface area (Å²) >= 11 is 0. The van der Waals surface area contributed by atoms with Gasteiger partial charge in [-0.1, -0.05) is 18.2 Å². The van der Waals surface area contributed by atoms with Crippen molar-refractivity contribution in [2.45, 2.75) is 70.7 Å². The number of amides is 1. The Morgan fingerprint density at radius 1 is 1.10 bits per heavy atom. The summed E-state index contributed by atoms with van der Waals surface area (Å²) in [6.45, 7) is 7.03. The van der Waals surface area contributed by atoms with Gasteiger partial charge in [0.25, 0.3) is 5.69 Å². The van der Waals surface area contributed by atoms with Gasteiger partial charge in [0.15, 0.2) is 6.04 Å². The summed E-state index contributed by atoms with van der Waals surface area (Å²) in [6.07, 6.45) is 2.24. The second-order valence-electron chi connectivity index (χ2n) is 11.0. The van der Waals surface area contributed by atoms with E-state index in [4.69, 9.17) is 18.9 Å². The van der Waals surface area contributed by atoms with Crippen molar-refractivity contribution in [3.8, 4) is 11.5 Å². The van der Waals surface area contributed by atoms with Crippen LogP contribution in [0.4, 0.5) is 5.69 Å². The van der Waals surface area contributed by atoms with Gasteiger partial charge in [0.05, 0.1) is 24.2 Å². The van der Waals surface area contributed by atoms with Gasteiger partial charge in [-0.2, -0.15) is 0 Å². The number of benzene rings is 2. The zero-order chi connectivity index (χ0) is 29.8. The number of carbonyl (C=O) groups is 2. The first-order valence-electron chi connectivity index (χ1n) is 13.9. The van der Waals surface area contributed by atoms with E-state index in [2.05, 4.69) is 10.6 Å². The lowest BCUT2D eigenvalue weighted by Gasteiger charge is -2.31. The Hall–Kier alpha value is -3.54. The van der Waals surface area contributed by atoms with Gasteiger partial charge in [0.2, 0.25) is 5.91 Å². The van der Waals surface area contributed by atoms with E-state index in [1.807, 2.05) is 51.1 Å². The van der Waals surface area contributed by atoms with Crippen LogP contribution in [0.1, 0.15) is 52.0 Å². The zero-order valence-corrected chi connectivity index (χ0v) is 24.2. The molecular formula is C30H41N3O8. The van der Waals surface area contributed by atoms with E-state index in [-0.39, 0.29) is 43.1 Å². The van der Waals surface area contributed by atoms with Crippen molar-refractivity contribution < 1.29 is 33.5 Å². The van der Waals surface area contributed by atoms with E-state index >= 15 is 0 Å². The Labute approximate surface area is 241 Å². The maximum atomic E-state index is 12.9. The highest BCUT2D eigenvalue weighted by Crippen LogP contribution is 2.29. The SMILES string of the molecule is COC(=O)C(COC(C)(C)C)NC(=O)CC[C@H](NCc1cc(Oc2ccccc2)ccc1[N+](=O)[O-])C1CCOCC1. The van der Waals surface area contributed by atoms with Crippen molar-refractivity contribution in [1.29, 1.82) is 0 Å². The molecule has 0 bridgehead atoms. The van der Waals surface area contributed by atoms with Gasteiger partial charge >= 0.3 is 5.97 Å². The average molecular weight is 572 g/mol. The van der Waals surface area contributed by atoms with Crippen LogP contribution < -0.4 is 15.4 Å². The van der Waals surface area contributed by atoms with Crippen LogP contribution in [0.25, 0.3) is 0 Å². The Balaban J connectivity index is 1.68. The lowest BCUT2D eigenvalue weighted by atomic mass is 9.88. The van der Waals surface area contributed by atoms with Crippen LogP contribution in [0, 0.1) is 16.0 Å². The highest BCUT2D eigenvalue weighted by atomic mass is 16.6. The molecule has 2 atom stereocenters. The lowest BCUT2D eigenvalue weighted by molar-refractivity contribution is -0.385. The summed E-state index contributed by atoms with van der Waals surface area (Å²) < 4.78 is 22.0. The van der Waals surface area contributed by atoms with E-state index in [9.17, 15) is 19.7 Å². The third-order valence-corrected chi connectivity index (χ3v) is 6.80. The van der Waals surface area contributed by atoms with Gasteiger partial charge in [-0.15, -0.1) is 0 Å². The molecule has 1 aliphatic heterocycles. The molecule has 11 nitrogen and oxygen atoms in total. The first-order valence-corrected chi connectivity index (χ1v) is 13.9. The second-order valence-corrected chi connectivity index (χ2v) is 11.0. The molecule has 1 aliphatic rings. The summed E-state index contributed by atoms with van der Waals surface area (Å²) in [5.41, 5.74) is -0.0163. The van der Waals surface area contributed by atoms with E-state index in [1.54, 1.807) is 12.1 Å². The van der Waals surface area contributed by atoms with E-state index in [1.165, 1.54) is 13.2 Å². The number of esters is 1. The van der Waals surface area contributed by atoms with Gasteiger partial charge < -0.3 is 29.6 Å². The number of nitrogens with one attached hydrogen (secondary N) is 2. The zero-order valence-electron chi connectivity index (χ0n) is 24.2. The Morgan fingerprint density at radius 3 is 2.44 bits per heavy atom. The summed E-state index contributed by atoms with van der Waals surface area (Å²) in [7, 11) is 1.27. The molecule has 0 spiro atoms. The van der Waals surface area contributed by atoms with Gasteiger partial charge in [0, 0.05) is 43.9 Å². The highest BCUT2D eigenvalue weighted by Gasteiger charge is 2.28. The van der Waals surface area contributed by atoms with Crippen LogP contribution in [0.15, 0.2) is 48.5 Å². The maximum Gasteiger partial charge on any atom is 0.330 e. The van der Waals surface area contributed by atoms with Crippen molar-refractivity contribution in [2.24, 2.45) is 5.92 Å². The first-order chi connectivity index (χ1) is 19.6. The molecule has 2 N–H and O–H groups in total. The van der Waals surface area contributed by atoms with Crippen LogP contribution in [0.2, 0.25) is 0 Å². The molecule has 1 unspecified atom stereocenters. The monoisotopic (exact) mass is 571 g/mol. The normalized spacial score (nSPS) is 15.5. The number of hydrogen-bond donors (Lipinski definition) is 2. The summed E-state index contributed by atoms with van der Waals surface area (Å²) in [5.74, 6) is 0.462. The van der Waals surface area contributed by atoms with Crippen LogP contribution >= 0.6 is 0 Å². The number of rotatable bonds is 14. The van der Waals surface area contributed by atoms with E-state index < -0.39 is 22.5 Å². The molecule has 1 heterocycles. The van der Waals surface area contributed by atoms with Crippen molar-refractivity contribution in [2.75, 3.05) is 26.9 Å². The van der Waals surface area contributed by atoms with Crippen LogP contribution in [-0.4, -0.2) is 61.4 Å². The number of nitro groups is 1. The molecule has 0 radical (unpaired) electrons. The molecule has 1 saturated heterocycles. The minimum atomic E-state index is -0.920.